The van der Waals surface area contributed by atoms with E-state index in [1.54, 1.807) is 0 Å². The van der Waals surface area contributed by atoms with E-state index in [9.17, 15) is 0 Å². The fourth-order valence-electron chi connectivity index (χ4n) is 2.36. The summed E-state index contributed by atoms with van der Waals surface area (Å²) in [6, 6.07) is 0.812. The smallest absolute Gasteiger partial charge is 0.00670 e. The van der Waals surface area contributed by atoms with Gasteiger partial charge in [-0.15, -0.1) is 0 Å². The van der Waals surface area contributed by atoms with Crippen LogP contribution in [-0.2, 0) is 0 Å². The first kappa shape index (κ1) is 13.0. The monoisotopic (exact) mass is 212 g/mol. The number of hydrogen-bond donors (Lipinski definition) is 1. The number of rotatable bonds is 5. The van der Waals surface area contributed by atoms with E-state index >= 15 is 0 Å². The minimum Gasteiger partial charge on any atom is -0.314 e. The molecule has 0 spiro atoms. The lowest BCUT2D eigenvalue weighted by atomic mass is 9.97. The minimum atomic E-state index is 0.812. The van der Waals surface area contributed by atoms with Crippen LogP contribution in [0.1, 0.15) is 51.4 Å². The number of nitrogens with zero attached hydrogens (tertiary/aromatic N) is 1. The molecule has 1 rings (SSSR count). The van der Waals surface area contributed by atoms with E-state index in [2.05, 4.69) is 24.3 Å². The lowest BCUT2D eigenvalue weighted by Gasteiger charge is -2.21. The molecule has 1 N–H and O–H groups in total. The maximum Gasteiger partial charge on any atom is 0.00670 e. The molecule has 0 radical (unpaired) electrons. The van der Waals surface area contributed by atoms with Gasteiger partial charge >= 0.3 is 0 Å². The van der Waals surface area contributed by atoms with Crippen molar-refractivity contribution >= 4 is 0 Å². The Kier molecular flexibility index (Phi) is 7.03. The van der Waals surface area contributed by atoms with Crippen LogP contribution in [0.5, 0.6) is 0 Å². The summed E-state index contributed by atoms with van der Waals surface area (Å²) in [4.78, 5) is 2.26. The summed E-state index contributed by atoms with van der Waals surface area (Å²) in [5.74, 6) is 0. The Morgan fingerprint density at radius 3 is 2.20 bits per heavy atom. The Morgan fingerprint density at radius 1 is 1.00 bits per heavy atom. The third-order valence-corrected chi connectivity index (χ3v) is 3.32. The lowest BCUT2D eigenvalue weighted by molar-refractivity contribution is 0.360. The fraction of sp³-hybridized carbons (Fsp3) is 1.00. The van der Waals surface area contributed by atoms with Crippen LogP contribution in [0.15, 0.2) is 0 Å². The van der Waals surface area contributed by atoms with Gasteiger partial charge in [0.05, 0.1) is 0 Å². The van der Waals surface area contributed by atoms with Crippen LogP contribution in [0.3, 0.4) is 0 Å². The predicted molar refractivity (Wildman–Crippen MR) is 67.3 cm³/mol. The number of hydrogen-bond acceptors (Lipinski definition) is 2. The van der Waals surface area contributed by atoms with Crippen molar-refractivity contribution in [2.45, 2.75) is 57.4 Å². The second-order valence-corrected chi connectivity index (χ2v) is 5.15. The van der Waals surface area contributed by atoms with Crippen molar-refractivity contribution in [2.75, 3.05) is 27.2 Å². The third-order valence-electron chi connectivity index (χ3n) is 3.32. The van der Waals surface area contributed by atoms with Crippen LogP contribution in [0, 0.1) is 0 Å². The topological polar surface area (TPSA) is 15.3 Å². The van der Waals surface area contributed by atoms with Crippen LogP contribution < -0.4 is 5.32 Å². The fourth-order valence-corrected chi connectivity index (χ4v) is 2.36. The molecule has 0 amide bonds. The highest BCUT2D eigenvalue weighted by Gasteiger charge is 2.09. The molecule has 1 saturated carbocycles. The third kappa shape index (κ3) is 6.91. The van der Waals surface area contributed by atoms with E-state index in [-0.39, 0.29) is 0 Å². The van der Waals surface area contributed by atoms with Gasteiger partial charge in [-0.1, -0.05) is 32.1 Å². The van der Waals surface area contributed by atoms with E-state index < -0.39 is 0 Å². The Labute approximate surface area is 95.4 Å². The molecule has 90 valence electrons. The van der Waals surface area contributed by atoms with Crippen molar-refractivity contribution in [2.24, 2.45) is 0 Å². The molecular weight excluding hydrogens is 184 g/mol. The van der Waals surface area contributed by atoms with Crippen molar-refractivity contribution in [3.63, 3.8) is 0 Å². The summed E-state index contributed by atoms with van der Waals surface area (Å²) in [6.45, 7) is 2.41. The van der Waals surface area contributed by atoms with Crippen molar-refractivity contribution in [3.05, 3.63) is 0 Å². The molecule has 1 aliphatic rings. The molecule has 2 nitrogen and oxygen atoms in total. The highest BCUT2D eigenvalue weighted by Crippen LogP contribution is 2.16. The second kappa shape index (κ2) is 8.12. The SMILES string of the molecule is CN(C)CCCNC1CCCCCCC1. The van der Waals surface area contributed by atoms with Gasteiger partial charge in [0, 0.05) is 6.04 Å². The normalized spacial score (nSPS) is 20.2. The van der Waals surface area contributed by atoms with E-state index in [4.69, 9.17) is 0 Å². The maximum atomic E-state index is 3.72. The zero-order valence-electron chi connectivity index (χ0n) is 10.6. The van der Waals surface area contributed by atoms with E-state index in [0.717, 1.165) is 6.04 Å². The first-order valence-electron chi connectivity index (χ1n) is 6.67. The van der Waals surface area contributed by atoms with Gasteiger partial charge in [-0.05, 0) is 46.4 Å². The Balaban J connectivity index is 2.02. The first-order chi connectivity index (χ1) is 7.29. The van der Waals surface area contributed by atoms with E-state index in [1.165, 1.54) is 64.5 Å². The molecule has 1 fully saturated rings. The summed E-state index contributed by atoms with van der Waals surface area (Å²) < 4.78 is 0. The average Bonchev–Trinajstić information content (AvgIpc) is 2.14. The Morgan fingerprint density at radius 2 is 1.60 bits per heavy atom. The van der Waals surface area contributed by atoms with Gasteiger partial charge < -0.3 is 10.2 Å². The Bertz CT molecular complexity index is 137. The molecule has 0 saturated heterocycles. The standard InChI is InChI=1S/C13H28N2/c1-15(2)12-8-11-14-13-9-6-4-3-5-7-10-13/h13-14H,3-12H2,1-2H3. The summed E-state index contributed by atoms with van der Waals surface area (Å²) >= 11 is 0. The largest absolute Gasteiger partial charge is 0.314 e. The minimum absolute atomic E-state index is 0.812. The van der Waals surface area contributed by atoms with Gasteiger partial charge in [0.1, 0.15) is 0 Å². The van der Waals surface area contributed by atoms with E-state index in [0.29, 0.717) is 0 Å². The van der Waals surface area contributed by atoms with Crippen LogP contribution in [0.2, 0.25) is 0 Å². The molecule has 0 atom stereocenters. The van der Waals surface area contributed by atoms with Gasteiger partial charge in [-0.2, -0.15) is 0 Å². The number of nitrogens with one attached hydrogen (secondary N) is 1. The van der Waals surface area contributed by atoms with Gasteiger partial charge in [-0.3, -0.25) is 0 Å². The Hall–Kier alpha value is -0.0800. The summed E-state index contributed by atoms with van der Waals surface area (Å²) in [5, 5.41) is 3.72. The van der Waals surface area contributed by atoms with Gasteiger partial charge in [0.25, 0.3) is 0 Å². The quantitative estimate of drug-likeness (QED) is 0.705. The highest BCUT2D eigenvalue weighted by molar-refractivity contribution is 4.69. The molecule has 0 aromatic heterocycles. The van der Waals surface area contributed by atoms with Crippen molar-refractivity contribution in [1.29, 1.82) is 0 Å². The molecule has 0 heterocycles. The molecular formula is C13H28N2. The summed E-state index contributed by atoms with van der Waals surface area (Å²) in [6.07, 6.45) is 11.3. The molecule has 0 aromatic carbocycles. The molecule has 0 aliphatic heterocycles. The zero-order valence-corrected chi connectivity index (χ0v) is 10.6. The molecule has 0 unspecified atom stereocenters. The van der Waals surface area contributed by atoms with Gasteiger partial charge in [0.15, 0.2) is 0 Å². The van der Waals surface area contributed by atoms with Crippen molar-refractivity contribution < 1.29 is 0 Å². The second-order valence-electron chi connectivity index (χ2n) is 5.15. The van der Waals surface area contributed by atoms with Crippen LogP contribution in [0.25, 0.3) is 0 Å². The van der Waals surface area contributed by atoms with Crippen LogP contribution in [-0.4, -0.2) is 38.1 Å². The van der Waals surface area contributed by atoms with Crippen molar-refractivity contribution in [1.82, 2.24) is 10.2 Å². The van der Waals surface area contributed by atoms with Crippen molar-refractivity contribution in [3.8, 4) is 0 Å². The van der Waals surface area contributed by atoms with Crippen LogP contribution in [0.4, 0.5) is 0 Å². The molecule has 0 bridgehead atoms. The van der Waals surface area contributed by atoms with Crippen LogP contribution >= 0.6 is 0 Å². The summed E-state index contributed by atoms with van der Waals surface area (Å²) in [7, 11) is 4.30. The summed E-state index contributed by atoms with van der Waals surface area (Å²) in [5.41, 5.74) is 0. The van der Waals surface area contributed by atoms with Gasteiger partial charge in [0.2, 0.25) is 0 Å². The maximum absolute atomic E-state index is 3.72. The lowest BCUT2D eigenvalue weighted by Crippen LogP contribution is -2.32. The van der Waals surface area contributed by atoms with Gasteiger partial charge in [-0.25, -0.2) is 0 Å². The molecule has 0 aromatic rings. The molecule has 15 heavy (non-hydrogen) atoms. The highest BCUT2D eigenvalue weighted by atomic mass is 15.1. The zero-order chi connectivity index (χ0) is 10.9. The molecule has 1 aliphatic carbocycles. The molecule has 2 heteroatoms. The first-order valence-corrected chi connectivity index (χ1v) is 6.67. The predicted octanol–water partition coefficient (Wildman–Crippen LogP) is 2.64. The van der Waals surface area contributed by atoms with E-state index in [1.807, 2.05) is 0 Å². The average molecular weight is 212 g/mol.